The van der Waals surface area contributed by atoms with Gasteiger partial charge in [0, 0.05) is 12.6 Å². The highest BCUT2D eigenvalue weighted by atomic mass is 35.5. The van der Waals surface area contributed by atoms with E-state index in [-0.39, 0.29) is 16.0 Å². The number of piperidine rings is 1. The Balaban J connectivity index is 2.16. The molecule has 0 aromatic heterocycles. The summed E-state index contributed by atoms with van der Waals surface area (Å²) >= 11 is 5.89. The van der Waals surface area contributed by atoms with Crippen LogP contribution < -0.4 is 10.0 Å². The lowest BCUT2D eigenvalue weighted by molar-refractivity contribution is 0.428. The molecule has 0 saturated carbocycles. The van der Waals surface area contributed by atoms with Crippen molar-refractivity contribution in [3.8, 4) is 0 Å². The van der Waals surface area contributed by atoms with Crippen LogP contribution in [0.2, 0.25) is 5.02 Å². The number of nitrogens with one attached hydrogen (secondary N) is 2. The van der Waals surface area contributed by atoms with Crippen LogP contribution in [0, 0.1) is 0 Å². The Morgan fingerprint density at radius 1 is 1.35 bits per heavy atom. The topological polar surface area (TPSA) is 58.2 Å². The summed E-state index contributed by atoms with van der Waals surface area (Å²) in [5.41, 5.74) is 0. The standard InChI is InChI=1S/C11H15ClN2O2S/c12-10-5-1-2-6-11(10)17(15,16)14-9-4-3-7-13-8-9/h1-2,5-6,9,13-14H,3-4,7-8H2. The monoisotopic (exact) mass is 274 g/mol. The predicted octanol–water partition coefficient (Wildman–Crippen LogP) is 1.37. The molecule has 1 aliphatic rings. The van der Waals surface area contributed by atoms with Crippen molar-refractivity contribution in [3.05, 3.63) is 29.3 Å². The molecule has 1 unspecified atom stereocenters. The molecule has 1 atom stereocenters. The normalized spacial score (nSPS) is 21.4. The fraction of sp³-hybridized carbons (Fsp3) is 0.455. The highest BCUT2D eigenvalue weighted by Gasteiger charge is 2.23. The summed E-state index contributed by atoms with van der Waals surface area (Å²) in [4.78, 5) is 0.146. The Morgan fingerprint density at radius 2 is 2.12 bits per heavy atom. The Labute approximate surface area is 106 Å². The Morgan fingerprint density at radius 3 is 2.76 bits per heavy atom. The number of sulfonamides is 1. The van der Waals surface area contributed by atoms with E-state index < -0.39 is 10.0 Å². The average Bonchev–Trinajstić information content (AvgIpc) is 2.30. The van der Waals surface area contributed by atoms with Gasteiger partial charge in [0.2, 0.25) is 10.0 Å². The van der Waals surface area contributed by atoms with E-state index in [0.29, 0.717) is 6.54 Å². The van der Waals surface area contributed by atoms with Crippen LogP contribution in [-0.4, -0.2) is 27.5 Å². The van der Waals surface area contributed by atoms with Crippen LogP contribution in [0.4, 0.5) is 0 Å². The third-order valence-electron chi connectivity index (χ3n) is 2.74. The molecule has 0 amide bonds. The van der Waals surface area contributed by atoms with Crippen molar-refractivity contribution >= 4 is 21.6 Å². The minimum Gasteiger partial charge on any atom is -0.315 e. The molecule has 2 N–H and O–H groups in total. The largest absolute Gasteiger partial charge is 0.315 e. The summed E-state index contributed by atoms with van der Waals surface area (Å²) < 4.78 is 26.9. The minimum atomic E-state index is -3.51. The molecule has 1 fully saturated rings. The van der Waals surface area contributed by atoms with E-state index >= 15 is 0 Å². The van der Waals surface area contributed by atoms with Crippen molar-refractivity contribution in [3.63, 3.8) is 0 Å². The van der Waals surface area contributed by atoms with E-state index in [2.05, 4.69) is 10.0 Å². The molecule has 0 bridgehead atoms. The third-order valence-corrected chi connectivity index (χ3v) is 4.77. The van der Waals surface area contributed by atoms with E-state index in [1.807, 2.05) is 0 Å². The van der Waals surface area contributed by atoms with Gasteiger partial charge in [0.05, 0.1) is 5.02 Å². The average molecular weight is 275 g/mol. The van der Waals surface area contributed by atoms with Gasteiger partial charge in [0.15, 0.2) is 0 Å². The first-order chi connectivity index (χ1) is 8.09. The Bertz CT molecular complexity index is 484. The smallest absolute Gasteiger partial charge is 0.242 e. The Hall–Kier alpha value is -0.620. The molecule has 0 radical (unpaired) electrons. The first-order valence-corrected chi connectivity index (χ1v) is 7.43. The second-order valence-electron chi connectivity index (χ2n) is 4.09. The maximum atomic E-state index is 12.1. The number of rotatable bonds is 3. The van der Waals surface area contributed by atoms with E-state index in [9.17, 15) is 8.42 Å². The fourth-order valence-corrected chi connectivity index (χ4v) is 3.69. The Kier molecular flexibility index (Phi) is 4.04. The first-order valence-electron chi connectivity index (χ1n) is 5.57. The van der Waals surface area contributed by atoms with Crippen LogP contribution in [0.3, 0.4) is 0 Å². The molecule has 6 heteroatoms. The van der Waals surface area contributed by atoms with Gasteiger partial charge < -0.3 is 5.32 Å². The molecule has 0 spiro atoms. The molecule has 0 aliphatic carbocycles. The maximum Gasteiger partial charge on any atom is 0.242 e. The van der Waals surface area contributed by atoms with Crippen molar-refractivity contribution in [2.75, 3.05) is 13.1 Å². The van der Waals surface area contributed by atoms with Crippen molar-refractivity contribution in [2.45, 2.75) is 23.8 Å². The molecule has 1 aliphatic heterocycles. The van der Waals surface area contributed by atoms with Crippen LogP contribution >= 0.6 is 11.6 Å². The molecule has 94 valence electrons. The molecule has 1 aromatic carbocycles. The summed E-state index contributed by atoms with van der Waals surface area (Å²) in [6.07, 6.45) is 1.84. The molecule has 1 aromatic rings. The molecule has 4 nitrogen and oxygen atoms in total. The highest BCUT2D eigenvalue weighted by Crippen LogP contribution is 2.20. The number of halogens is 1. The summed E-state index contributed by atoms with van der Waals surface area (Å²) in [5.74, 6) is 0. The van der Waals surface area contributed by atoms with Gasteiger partial charge in [-0.05, 0) is 31.5 Å². The van der Waals surface area contributed by atoms with Crippen LogP contribution in [0.25, 0.3) is 0 Å². The van der Waals surface area contributed by atoms with E-state index in [1.165, 1.54) is 6.07 Å². The summed E-state index contributed by atoms with van der Waals surface area (Å²) in [6, 6.07) is 6.42. The molecule has 1 heterocycles. The van der Waals surface area contributed by atoms with Gasteiger partial charge in [0.25, 0.3) is 0 Å². The zero-order valence-electron chi connectivity index (χ0n) is 9.32. The number of benzene rings is 1. The van der Waals surface area contributed by atoms with Crippen LogP contribution in [0.5, 0.6) is 0 Å². The SMILES string of the molecule is O=S(=O)(NC1CCCNC1)c1ccccc1Cl. The summed E-state index contributed by atoms with van der Waals surface area (Å²) in [6.45, 7) is 1.62. The maximum absolute atomic E-state index is 12.1. The summed E-state index contributed by atoms with van der Waals surface area (Å²) in [7, 11) is -3.51. The van der Waals surface area contributed by atoms with E-state index in [4.69, 9.17) is 11.6 Å². The quantitative estimate of drug-likeness (QED) is 0.875. The van der Waals surface area contributed by atoms with Crippen LogP contribution in [-0.2, 0) is 10.0 Å². The van der Waals surface area contributed by atoms with E-state index in [0.717, 1.165) is 19.4 Å². The van der Waals surface area contributed by atoms with Crippen LogP contribution in [0.1, 0.15) is 12.8 Å². The number of hydrogen-bond acceptors (Lipinski definition) is 3. The molecular weight excluding hydrogens is 260 g/mol. The van der Waals surface area contributed by atoms with E-state index in [1.54, 1.807) is 18.2 Å². The zero-order chi connectivity index (χ0) is 12.3. The van der Waals surface area contributed by atoms with Gasteiger partial charge in [0.1, 0.15) is 4.90 Å². The highest BCUT2D eigenvalue weighted by molar-refractivity contribution is 7.89. The second-order valence-corrected chi connectivity index (χ2v) is 6.18. The van der Waals surface area contributed by atoms with Gasteiger partial charge in [-0.1, -0.05) is 23.7 Å². The molecule has 17 heavy (non-hydrogen) atoms. The lowest BCUT2D eigenvalue weighted by atomic mass is 10.1. The molecule has 2 rings (SSSR count). The third kappa shape index (κ3) is 3.19. The van der Waals surface area contributed by atoms with Crippen LogP contribution in [0.15, 0.2) is 29.2 Å². The fourth-order valence-electron chi connectivity index (χ4n) is 1.90. The summed E-state index contributed by atoms with van der Waals surface area (Å²) in [5, 5.41) is 3.42. The lowest BCUT2D eigenvalue weighted by Gasteiger charge is -2.23. The lowest BCUT2D eigenvalue weighted by Crippen LogP contribution is -2.45. The minimum absolute atomic E-state index is 0.0509. The zero-order valence-corrected chi connectivity index (χ0v) is 10.9. The first kappa shape index (κ1) is 12.8. The molecule has 1 saturated heterocycles. The van der Waals surface area contributed by atoms with Crippen molar-refractivity contribution in [1.29, 1.82) is 0 Å². The second kappa shape index (κ2) is 5.35. The van der Waals surface area contributed by atoms with Crippen molar-refractivity contribution in [1.82, 2.24) is 10.0 Å². The molecular formula is C11H15ClN2O2S. The van der Waals surface area contributed by atoms with Crippen molar-refractivity contribution < 1.29 is 8.42 Å². The van der Waals surface area contributed by atoms with Gasteiger partial charge in [-0.25, -0.2) is 13.1 Å². The van der Waals surface area contributed by atoms with Gasteiger partial charge in [-0.15, -0.1) is 0 Å². The number of hydrogen-bond donors (Lipinski definition) is 2. The predicted molar refractivity (Wildman–Crippen MR) is 67.7 cm³/mol. The van der Waals surface area contributed by atoms with Gasteiger partial charge in [-0.3, -0.25) is 0 Å². The van der Waals surface area contributed by atoms with Crippen molar-refractivity contribution in [2.24, 2.45) is 0 Å². The van der Waals surface area contributed by atoms with Gasteiger partial charge in [-0.2, -0.15) is 0 Å². The van der Waals surface area contributed by atoms with Gasteiger partial charge >= 0.3 is 0 Å².